The predicted octanol–water partition coefficient (Wildman–Crippen LogP) is 3.11. The van der Waals surface area contributed by atoms with Gasteiger partial charge < -0.3 is 10.4 Å². The second-order valence-corrected chi connectivity index (χ2v) is 5.01. The summed E-state index contributed by atoms with van der Waals surface area (Å²) in [5, 5.41) is 12.4. The van der Waals surface area contributed by atoms with Crippen molar-refractivity contribution in [3.05, 3.63) is 34.6 Å². The summed E-state index contributed by atoms with van der Waals surface area (Å²) in [6.07, 6.45) is 1.14. The Bertz CT molecular complexity index is 419. The molecule has 2 N–H and O–H groups in total. The minimum absolute atomic E-state index is 0.0218. The molecular weight excluding hydrogens is 269 g/mol. The largest absolute Gasteiger partial charge is 0.480 e. The SMILES string of the molecule is CC[C@H](C)[C@H](NCCc1c(F)cccc1Cl)C(=O)O. The molecule has 1 aromatic carbocycles. The lowest BCUT2D eigenvalue weighted by molar-refractivity contribution is -0.140. The Hall–Kier alpha value is -1.13. The van der Waals surface area contributed by atoms with E-state index in [9.17, 15) is 9.18 Å². The number of aliphatic carboxylic acids is 1. The summed E-state index contributed by atoms with van der Waals surface area (Å²) in [7, 11) is 0. The van der Waals surface area contributed by atoms with Crippen LogP contribution in [-0.2, 0) is 11.2 Å². The summed E-state index contributed by atoms with van der Waals surface area (Å²) < 4.78 is 13.5. The van der Waals surface area contributed by atoms with Crippen molar-refractivity contribution in [2.45, 2.75) is 32.7 Å². The van der Waals surface area contributed by atoms with Crippen molar-refractivity contribution < 1.29 is 14.3 Å². The van der Waals surface area contributed by atoms with E-state index in [0.717, 1.165) is 6.42 Å². The Labute approximate surface area is 117 Å². The second kappa shape index (κ2) is 7.46. The van der Waals surface area contributed by atoms with Crippen LogP contribution in [0.1, 0.15) is 25.8 Å². The molecule has 106 valence electrons. The lowest BCUT2D eigenvalue weighted by atomic mass is 9.99. The highest BCUT2D eigenvalue weighted by atomic mass is 35.5. The van der Waals surface area contributed by atoms with Gasteiger partial charge in [0, 0.05) is 17.1 Å². The average Bonchev–Trinajstić information content (AvgIpc) is 2.36. The van der Waals surface area contributed by atoms with E-state index < -0.39 is 12.0 Å². The molecule has 0 aromatic heterocycles. The number of carboxylic acids is 1. The quantitative estimate of drug-likeness (QED) is 0.810. The molecule has 0 spiro atoms. The zero-order valence-electron chi connectivity index (χ0n) is 11.1. The van der Waals surface area contributed by atoms with Gasteiger partial charge in [-0.25, -0.2) is 4.39 Å². The first-order chi connectivity index (χ1) is 8.97. The standard InChI is InChI=1S/C14H19ClFNO2/c1-3-9(2)13(14(18)19)17-8-7-10-11(15)5-4-6-12(10)16/h4-6,9,13,17H,3,7-8H2,1-2H3,(H,18,19)/t9-,13-/m0/s1. The molecule has 0 saturated carbocycles. The lowest BCUT2D eigenvalue weighted by Gasteiger charge is -2.20. The van der Waals surface area contributed by atoms with Crippen molar-refractivity contribution in [3.63, 3.8) is 0 Å². The maximum Gasteiger partial charge on any atom is 0.320 e. The smallest absolute Gasteiger partial charge is 0.320 e. The van der Waals surface area contributed by atoms with Gasteiger partial charge in [0.2, 0.25) is 0 Å². The van der Waals surface area contributed by atoms with Crippen molar-refractivity contribution in [3.8, 4) is 0 Å². The summed E-state index contributed by atoms with van der Waals surface area (Å²) in [5.41, 5.74) is 0.421. The minimum atomic E-state index is -0.881. The molecule has 0 aliphatic rings. The number of rotatable bonds is 7. The fourth-order valence-corrected chi connectivity index (χ4v) is 2.15. The zero-order valence-corrected chi connectivity index (χ0v) is 11.9. The van der Waals surface area contributed by atoms with Crippen LogP contribution in [0.2, 0.25) is 5.02 Å². The predicted molar refractivity (Wildman–Crippen MR) is 74.0 cm³/mol. The Kier molecular flexibility index (Phi) is 6.25. The number of hydrogen-bond donors (Lipinski definition) is 2. The normalized spacial score (nSPS) is 14.1. The maximum absolute atomic E-state index is 13.5. The first kappa shape index (κ1) is 15.9. The van der Waals surface area contributed by atoms with E-state index in [1.807, 2.05) is 13.8 Å². The summed E-state index contributed by atoms with van der Waals surface area (Å²) in [6.45, 7) is 4.19. The van der Waals surface area contributed by atoms with E-state index in [0.29, 0.717) is 23.6 Å². The lowest BCUT2D eigenvalue weighted by Crippen LogP contribution is -2.42. The summed E-state index contributed by atoms with van der Waals surface area (Å²) in [5.74, 6) is -1.22. The maximum atomic E-state index is 13.5. The molecule has 0 aliphatic heterocycles. The second-order valence-electron chi connectivity index (χ2n) is 4.61. The molecular formula is C14H19ClFNO2. The van der Waals surface area contributed by atoms with Crippen molar-refractivity contribution in [1.82, 2.24) is 5.32 Å². The van der Waals surface area contributed by atoms with Gasteiger partial charge in [-0.1, -0.05) is 37.9 Å². The number of carbonyl (C=O) groups is 1. The van der Waals surface area contributed by atoms with Gasteiger partial charge >= 0.3 is 5.97 Å². The summed E-state index contributed by atoms with van der Waals surface area (Å²) in [4.78, 5) is 11.1. The van der Waals surface area contributed by atoms with Gasteiger partial charge in [0.15, 0.2) is 0 Å². The Morgan fingerprint density at radius 1 is 1.53 bits per heavy atom. The molecule has 0 unspecified atom stereocenters. The number of hydrogen-bond acceptors (Lipinski definition) is 2. The number of benzene rings is 1. The summed E-state index contributed by atoms with van der Waals surface area (Å²) >= 11 is 5.91. The highest BCUT2D eigenvalue weighted by molar-refractivity contribution is 6.31. The first-order valence-corrected chi connectivity index (χ1v) is 6.74. The minimum Gasteiger partial charge on any atom is -0.480 e. The molecule has 1 rings (SSSR count). The van der Waals surface area contributed by atoms with Gasteiger partial charge in [-0.3, -0.25) is 4.79 Å². The zero-order chi connectivity index (χ0) is 14.4. The van der Waals surface area contributed by atoms with Crippen LogP contribution in [0.3, 0.4) is 0 Å². The molecule has 0 saturated heterocycles. The molecule has 0 bridgehead atoms. The molecule has 0 aliphatic carbocycles. The van der Waals surface area contributed by atoms with Crippen LogP contribution >= 0.6 is 11.6 Å². The van der Waals surface area contributed by atoms with E-state index in [-0.39, 0.29) is 11.7 Å². The van der Waals surface area contributed by atoms with Crippen LogP contribution in [0.5, 0.6) is 0 Å². The third-order valence-corrected chi connectivity index (χ3v) is 3.63. The van der Waals surface area contributed by atoms with Gasteiger partial charge in [0.05, 0.1) is 0 Å². The molecule has 1 aromatic rings. The van der Waals surface area contributed by atoms with Gasteiger partial charge in [-0.2, -0.15) is 0 Å². The van der Waals surface area contributed by atoms with Gasteiger partial charge in [0.25, 0.3) is 0 Å². The number of nitrogens with one attached hydrogen (secondary N) is 1. The van der Waals surface area contributed by atoms with Crippen molar-refractivity contribution in [2.75, 3.05) is 6.54 Å². The third-order valence-electron chi connectivity index (χ3n) is 3.28. The number of halogens is 2. The Balaban J connectivity index is 2.60. The average molecular weight is 288 g/mol. The Morgan fingerprint density at radius 2 is 2.21 bits per heavy atom. The van der Waals surface area contributed by atoms with Crippen molar-refractivity contribution >= 4 is 17.6 Å². The van der Waals surface area contributed by atoms with Gasteiger partial charge in [0.1, 0.15) is 11.9 Å². The molecule has 5 heteroatoms. The van der Waals surface area contributed by atoms with Crippen LogP contribution in [-0.4, -0.2) is 23.7 Å². The van der Waals surface area contributed by atoms with Crippen LogP contribution in [0.25, 0.3) is 0 Å². The molecule has 19 heavy (non-hydrogen) atoms. The Morgan fingerprint density at radius 3 is 2.74 bits per heavy atom. The van der Waals surface area contributed by atoms with Crippen LogP contribution in [0.4, 0.5) is 4.39 Å². The number of carboxylic acid groups (broad SMARTS) is 1. The van der Waals surface area contributed by atoms with E-state index in [1.54, 1.807) is 12.1 Å². The molecule has 2 atom stereocenters. The van der Waals surface area contributed by atoms with Gasteiger partial charge in [-0.05, 0) is 24.5 Å². The topological polar surface area (TPSA) is 49.3 Å². The first-order valence-electron chi connectivity index (χ1n) is 6.36. The third kappa shape index (κ3) is 4.48. The van der Waals surface area contributed by atoms with Crippen molar-refractivity contribution in [1.29, 1.82) is 0 Å². The van der Waals surface area contributed by atoms with E-state index in [4.69, 9.17) is 16.7 Å². The van der Waals surface area contributed by atoms with Crippen LogP contribution < -0.4 is 5.32 Å². The fourth-order valence-electron chi connectivity index (χ4n) is 1.89. The molecule has 0 heterocycles. The monoisotopic (exact) mass is 287 g/mol. The molecule has 0 amide bonds. The molecule has 0 radical (unpaired) electrons. The summed E-state index contributed by atoms with van der Waals surface area (Å²) in [6, 6.07) is 3.91. The van der Waals surface area contributed by atoms with E-state index in [2.05, 4.69) is 5.32 Å². The van der Waals surface area contributed by atoms with E-state index in [1.165, 1.54) is 6.07 Å². The molecule has 3 nitrogen and oxygen atoms in total. The fraction of sp³-hybridized carbons (Fsp3) is 0.500. The highest BCUT2D eigenvalue weighted by Gasteiger charge is 2.22. The van der Waals surface area contributed by atoms with Crippen molar-refractivity contribution in [2.24, 2.45) is 5.92 Å². The van der Waals surface area contributed by atoms with E-state index >= 15 is 0 Å². The van der Waals surface area contributed by atoms with Crippen LogP contribution in [0, 0.1) is 11.7 Å². The van der Waals surface area contributed by atoms with Crippen LogP contribution in [0.15, 0.2) is 18.2 Å². The molecule has 0 fully saturated rings. The highest BCUT2D eigenvalue weighted by Crippen LogP contribution is 2.19. The van der Waals surface area contributed by atoms with Gasteiger partial charge in [-0.15, -0.1) is 0 Å².